The van der Waals surface area contributed by atoms with Crippen LogP contribution in [-0.2, 0) is 0 Å². The lowest BCUT2D eigenvalue weighted by Gasteiger charge is -2.13. The number of rotatable bonds is 4. The van der Waals surface area contributed by atoms with Crippen LogP contribution in [0, 0.1) is 5.92 Å². The van der Waals surface area contributed by atoms with Crippen LogP contribution in [0.15, 0.2) is 24.4 Å². The molecule has 4 heteroatoms. The molecular weight excluding hydrogens is 248 g/mol. The van der Waals surface area contributed by atoms with Crippen LogP contribution in [0.2, 0.25) is 0 Å². The van der Waals surface area contributed by atoms with Crippen molar-refractivity contribution in [3.05, 3.63) is 30.0 Å². The Bertz CT molecular complexity index is 507. The summed E-state index contributed by atoms with van der Waals surface area (Å²) in [5.74, 6) is 1.47. The van der Waals surface area contributed by atoms with Gasteiger partial charge in [0.2, 0.25) is 0 Å². The average molecular weight is 269 g/mol. The van der Waals surface area contributed by atoms with Crippen LogP contribution < -0.4 is 10.5 Å². The van der Waals surface area contributed by atoms with Gasteiger partial charge in [0.25, 0.3) is 0 Å². The number of nitrogens with two attached hydrogens (primary N) is 1. The van der Waals surface area contributed by atoms with Gasteiger partial charge in [-0.3, -0.25) is 0 Å². The summed E-state index contributed by atoms with van der Waals surface area (Å²) >= 11 is 0. The van der Waals surface area contributed by atoms with Gasteiger partial charge in [0.1, 0.15) is 5.75 Å². The molecule has 2 rings (SSSR count). The number of fused-ring (bicyclic) bond motifs is 1. The lowest BCUT2D eigenvalue weighted by molar-refractivity contribution is 0.415. The fraction of sp³-hybridized carbons (Fsp3) is 0.429. The SMILES string of the molecule is COc1ccc2[nH]cc([C@H](N)CC(C)C)c2c1.Cl. The molecular formula is C14H21ClN2O. The molecule has 100 valence electrons. The van der Waals surface area contributed by atoms with E-state index in [9.17, 15) is 0 Å². The molecule has 0 spiro atoms. The zero-order valence-electron chi connectivity index (χ0n) is 11.1. The number of benzene rings is 1. The minimum Gasteiger partial charge on any atom is -0.497 e. The van der Waals surface area contributed by atoms with Crippen molar-refractivity contribution >= 4 is 23.3 Å². The van der Waals surface area contributed by atoms with E-state index in [1.165, 1.54) is 5.56 Å². The molecule has 0 aliphatic heterocycles. The highest BCUT2D eigenvalue weighted by Gasteiger charge is 2.13. The third-order valence-corrected chi connectivity index (χ3v) is 3.05. The van der Waals surface area contributed by atoms with E-state index in [2.05, 4.69) is 18.8 Å². The summed E-state index contributed by atoms with van der Waals surface area (Å²) in [4.78, 5) is 3.26. The smallest absolute Gasteiger partial charge is 0.119 e. The molecule has 0 fully saturated rings. The van der Waals surface area contributed by atoms with Crippen LogP contribution in [0.5, 0.6) is 5.75 Å². The van der Waals surface area contributed by atoms with E-state index in [1.807, 2.05) is 24.4 Å². The predicted molar refractivity (Wildman–Crippen MR) is 78.5 cm³/mol. The largest absolute Gasteiger partial charge is 0.497 e. The van der Waals surface area contributed by atoms with E-state index < -0.39 is 0 Å². The first kappa shape index (κ1) is 14.9. The molecule has 3 N–H and O–H groups in total. The highest BCUT2D eigenvalue weighted by Crippen LogP contribution is 2.29. The maximum Gasteiger partial charge on any atom is 0.119 e. The number of ether oxygens (including phenoxy) is 1. The Kier molecular flexibility index (Phi) is 5.05. The van der Waals surface area contributed by atoms with Crippen LogP contribution >= 0.6 is 12.4 Å². The third-order valence-electron chi connectivity index (χ3n) is 3.05. The molecule has 1 aromatic carbocycles. The Morgan fingerprint density at radius 2 is 2.06 bits per heavy atom. The predicted octanol–water partition coefficient (Wildman–Crippen LogP) is 3.64. The van der Waals surface area contributed by atoms with Crippen LogP contribution in [0.3, 0.4) is 0 Å². The fourth-order valence-corrected chi connectivity index (χ4v) is 2.19. The second-order valence-electron chi connectivity index (χ2n) is 4.89. The number of aromatic nitrogens is 1. The van der Waals surface area contributed by atoms with E-state index >= 15 is 0 Å². The first-order valence-corrected chi connectivity index (χ1v) is 6.02. The molecule has 0 unspecified atom stereocenters. The van der Waals surface area contributed by atoms with Crippen LogP contribution in [0.4, 0.5) is 0 Å². The van der Waals surface area contributed by atoms with Gasteiger partial charge in [-0.15, -0.1) is 12.4 Å². The standard InChI is InChI=1S/C14H20N2O.ClH/c1-9(2)6-13(15)12-8-16-14-5-4-10(17-3)7-11(12)14;/h4-5,7-9,13,16H,6,15H2,1-3H3;1H/t13-;/m1./s1. The van der Waals surface area contributed by atoms with Crippen molar-refractivity contribution in [2.45, 2.75) is 26.3 Å². The summed E-state index contributed by atoms with van der Waals surface area (Å²) in [5.41, 5.74) is 8.52. The van der Waals surface area contributed by atoms with E-state index in [4.69, 9.17) is 10.5 Å². The number of hydrogen-bond donors (Lipinski definition) is 2. The molecule has 0 radical (unpaired) electrons. The van der Waals surface area contributed by atoms with Gasteiger partial charge in [-0.25, -0.2) is 0 Å². The van der Waals surface area contributed by atoms with Gasteiger partial charge in [0, 0.05) is 23.1 Å². The first-order valence-electron chi connectivity index (χ1n) is 6.02. The Balaban J connectivity index is 0.00000162. The Labute approximate surface area is 114 Å². The van der Waals surface area contributed by atoms with Crippen LogP contribution in [0.25, 0.3) is 10.9 Å². The molecule has 0 saturated heterocycles. The lowest BCUT2D eigenvalue weighted by atomic mass is 9.97. The average Bonchev–Trinajstić information content (AvgIpc) is 2.70. The normalized spacial score (nSPS) is 12.5. The quantitative estimate of drug-likeness (QED) is 0.889. The number of aromatic amines is 1. The summed E-state index contributed by atoms with van der Waals surface area (Å²) in [6.45, 7) is 4.38. The van der Waals surface area contributed by atoms with Gasteiger partial charge in [-0.1, -0.05) is 13.8 Å². The maximum atomic E-state index is 6.24. The molecule has 0 amide bonds. The van der Waals surface area contributed by atoms with Crippen molar-refractivity contribution in [3.63, 3.8) is 0 Å². The zero-order valence-corrected chi connectivity index (χ0v) is 11.9. The number of hydrogen-bond acceptors (Lipinski definition) is 2. The maximum absolute atomic E-state index is 6.24. The van der Waals surface area contributed by atoms with Gasteiger partial charge in [-0.05, 0) is 36.1 Å². The van der Waals surface area contributed by atoms with Crippen molar-refractivity contribution in [1.82, 2.24) is 4.98 Å². The number of methoxy groups -OCH3 is 1. The molecule has 0 aliphatic rings. The topological polar surface area (TPSA) is 51.0 Å². The molecule has 3 nitrogen and oxygen atoms in total. The summed E-state index contributed by atoms with van der Waals surface area (Å²) in [6, 6.07) is 6.10. The summed E-state index contributed by atoms with van der Waals surface area (Å²) < 4.78 is 5.25. The highest BCUT2D eigenvalue weighted by molar-refractivity contribution is 5.85. The van der Waals surface area contributed by atoms with Gasteiger partial charge in [0.15, 0.2) is 0 Å². The minimum absolute atomic E-state index is 0. The Morgan fingerprint density at radius 3 is 2.67 bits per heavy atom. The molecule has 0 aliphatic carbocycles. The van der Waals surface area contributed by atoms with Crippen LogP contribution in [0.1, 0.15) is 31.9 Å². The Hall–Kier alpha value is -1.19. The van der Waals surface area contributed by atoms with E-state index in [0.717, 1.165) is 23.1 Å². The van der Waals surface area contributed by atoms with E-state index in [1.54, 1.807) is 7.11 Å². The second-order valence-corrected chi connectivity index (χ2v) is 4.89. The van der Waals surface area contributed by atoms with Crippen molar-refractivity contribution < 1.29 is 4.74 Å². The summed E-state index contributed by atoms with van der Waals surface area (Å²) in [5, 5.41) is 1.16. The van der Waals surface area contributed by atoms with Crippen molar-refractivity contribution in [3.8, 4) is 5.75 Å². The number of halogens is 1. The number of nitrogens with one attached hydrogen (secondary N) is 1. The Morgan fingerprint density at radius 1 is 1.33 bits per heavy atom. The van der Waals surface area contributed by atoms with Gasteiger partial charge in [-0.2, -0.15) is 0 Å². The number of H-pyrrole nitrogens is 1. The van der Waals surface area contributed by atoms with Gasteiger partial charge in [0.05, 0.1) is 7.11 Å². The monoisotopic (exact) mass is 268 g/mol. The second kappa shape index (κ2) is 6.12. The molecule has 0 saturated carbocycles. The molecule has 0 bridgehead atoms. The summed E-state index contributed by atoms with van der Waals surface area (Å²) in [7, 11) is 1.68. The minimum atomic E-state index is 0. The van der Waals surface area contributed by atoms with E-state index in [-0.39, 0.29) is 18.4 Å². The van der Waals surface area contributed by atoms with Crippen molar-refractivity contribution in [2.75, 3.05) is 7.11 Å². The van der Waals surface area contributed by atoms with Crippen molar-refractivity contribution in [2.24, 2.45) is 11.7 Å². The van der Waals surface area contributed by atoms with E-state index in [0.29, 0.717) is 5.92 Å². The first-order chi connectivity index (χ1) is 8.11. The van der Waals surface area contributed by atoms with Gasteiger partial charge >= 0.3 is 0 Å². The fourth-order valence-electron chi connectivity index (χ4n) is 2.19. The molecule has 2 aromatic rings. The molecule has 1 aromatic heterocycles. The van der Waals surface area contributed by atoms with Crippen molar-refractivity contribution in [1.29, 1.82) is 0 Å². The van der Waals surface area contributed by atoms with Gasteiger partial charge < -0.3 is 15.5 Å². The zero-order chi connectivity index (χ0) is 12.4. The highest BCUT2D eigenvalue weighted by atomic mass is 35.5. The van der Waals surface area contributed by atoms with Crippen LogP contribution in [-0.4, -0.2) is 12.1 Å². The molecule has 1 atom stereocenters. The summed E-state index contributed by atoms with van der Waals surface area (Å²) in [6.07, 6.45) is 3.00. The molecule has 1 heterocycles. The lowest BCUT2D eigenvalue weighted by Crippen LogP contribution is -2.12. The molecule has 18 heavy (non-hydrogen) atoms. The third kappa shape index (κ3) is 2.98.